The molecule has 0 aliphatic heterocycles. The fourth-order valence-electron chi connectivity index (χ4n) is 1.26. The molecule has 0 aliphatic rings. The van der Waals surface area contributed by atoms with Gasteiger partial charge in [-0.05, 0) is 18.6 Å². The van der Waals surface area contributed by atoms with Crippen LogP contribution < -0.4 is 5.43 Å². The van der Waals surface area contributed by atoms with E-state index < -0.39 is 12.6 Å². The minimum absolute atomic E-state index is 0.303. The summed E-state index contributed by atoms with van der Waals surface area (Å²) in [6.45, 7) is 5.11. The Bertz CT molecular complexity index is 405. The first-order valence-corrected chi connectivity index (χ1v) is 4.98. The summed E-state index contributed by atoms with van der Waals surface area (Å²) in [7, 11) is 0. The number of hydrazone groups is 1. The van der Waals surface area contributed by atoms with E-state index in [9.17, 15) is 13.2 Å². The van der Waals surface area contributed by atoms with Gasteiger partial charge in [-0.15, -0.1) is 0 Å². The number of nitrogens with one attached hydrogen (secondary N) is 1. The van der Waals surface area contributed by atoms with Crippen molar-refractivity contribution in [3.63, 3.8) is 0 Å². The zero-order valence-electron chi connectivity index (χ0n) is 9.38. The Hall–Kier alpha value is -1.78. The third-order valence-electron chi connectivity index (χ3n) is 2.10. The van der Waals surface area contributed by atoms with Crippen molar-refractivity contribution in [1.82, 2.24) is 5.43 Å². The van der Waals surface area contributed by atoms with E-state index >= 15 is 0 Å². The molecule has 1 aromatic carbocycles. The summed E-state index contributed by atoms with van der Waals surface area (Å²) in [5.41, 5.74) is 4.45. The van der Waals surface area contributed by atoms with Crippen LogP contribution >= 0.6 is 0 Å². The lowest BCUT2D eigenvalue weighted by Gasteiger charge is -2.08. The molecule has 2 nitrogen and oxygen atoms in total. The first kappa shape index (κ1) is 13.3. The number of rotatable bonds is 4. The van der Waals surface area contributed by atoms with Crippen molar-refractivity contribution in [2.24, 2.45) is 5.10 Å². The second kappa shape index (κ2) is 5.52. The van der Waals surface area contributed by atoms with Crippen LogP contribution in [0.3, 0.4) is 0 Å². The standard InChI is InChI=1S/C12H13F3N2/c1-9-3-5-10(6-4-9)11(17-16-2)7-8-12(13,14)15/h3-7,17H,2,8H2,1H3/b11-7-. The van der Waals surface area contributed by atoms with Gasteiger partial charge in [0.1, 0.15) is 0 Å². The molecule has 0 amide bonds. The third-order valence-corrected chi connectivity index (χ3v) is 2.10. The van der Waals surface area contributed by atoms with Crippen molar-refractivity contribution < 1.29 is 13.2 Å². The van der Waals surface area contributed by atoms with Crippen LogP contribution in [0.1, 0.15) is 17.5 Å². The second-order valence-corrected chi connectivity index (χ2v) is 3.57. The van der Waals surface area contributed by atoms with Gasteiger partial charge >= 0.3 is 6.18 Å². The summed E-state index contributed by atoms with van der Waals surface area (Å²) in [6.07, 6.45) is -4.17. The van der Waals surface area contributed by atoms with Crippen molar-refractivity contribution in [2.45, 2.75) is 19.5 Å². The molecule has 0 unspecified atom stereocenters. The first-order chi connectivity index (χ1) is 7.92. The lowest BCUT2D eigenvalue weighted by Crippen LogP contribution is -2.09. The maximum absolute atomic E-state index is 12.1. The lowest BCUT2D eigenvalue weighted by molar-refractivity contribution is -0.124. The van der Waals surface area contributed by atoms with E-state index in [0.29, 0.717) is 11.3 Å². The highest BCUT2D eigenvalue weighted by atomic mass is 19.4. The summed E-state index contributed by atoms with van der Waals surface area (Å²) in [4.78, 5) is 0. The average molecular weight is 242 g/mol. The molecule has 0 heterocycles. The molecule has 0 aliphatic carbocycles. The van der Waals surface area contributed by atoms with Gasteiger partial charge in [0, 0.05) is 6.72 Å². The van der Waals surface area contributed by atoms with E-state index in [4.69, 9.17) is 0 Å². The molecule has 1 aromatic rings. The van der Waals surface area contributed by atoms with E-state index in [1.807, 2.05) is 19.1 Å². The largest absolute Gasteiger partial charge is 0.392 e. The van der Waals surface area contributed by atoms with E-state index in [0.717, 1.165) is 11.6 Å². The topological polar surface area (TPSA) is 24.4 Å². The monoisotopic (exact) mass is 242 g/mol. The van der Waals surface area contributed by atoms with Gasteiger partial charge in [-0.1, -0.05) is 29.8 Å². The fraction of sp³-hybridized carbons (Fsp3) is 0.250. The number of halogens is 3. The van der Waals surface area contributed by atoms with Crippen LogP contribution in [-0.2, 0) is 0 Å². The summed E-state index contributed by atoms with van der Waals surface area (Å²) < 4.78 is 36.4. The van der Waals surface area contributed by atoms with Gasteiger partial charge < -0.3 is 0 Å². The van der Waals surface area contributed by atoms with Gasteiger partial charge in [0.25, 0.3) is 0 Å². The van der Waals surface area contributed by atoms with E-state index in [1.165, 1.54) is 0 Å². The van der Waals surface area contributed by atoms with Crippen LogP contribution in [-0.4, -0.2) is 12.9 Å². The molecule has 0 radical (unpaired) electrons. The molecule has 0 atom stereocenters. The van der Waals surface area contributed by atoms with Crippen molar-refractivity contribution >= 4 is 12.4 Å². The normalized spacial score (nSPS) is 12.4. The highest BCUT2D eigenvalue weighted by Gasteiger charge is 2.25. The molecule has 0 aromatic heterocycles. The number of benzene rings is 1. The maximum atomic E-state index is 12.1. The molecule has 1 rings (SSSR count). The van der Waals surface area contributed by atoms with Crippen LogP contribution in [0.25, 0.3) is 5.70 Å². The molecule has 17 heavy (non-hydrogen) atoms. The highest BCUT2D eigenvalue weighted by Crippen LogP contribution is 2.23. The summed E-state index contributed by atoms with van der Waals surface area (Å²) in [5, 5.41) is 3.40. The van der Waals surface area contributed by atoms with Crippen LogP contribution in [0.5, 0.6) is 0 Å². The lowest BCUT2D eigenvalue weighted by atomic mass is 10.1. The summed E-state index contributed by atoms with van der Waals surface area (Å²) >= 11 is 0. The van der Waals surface area contributed by atoms with Crippen molar-refractivity contribution in [3.05, 3.63) is 41.5 Å². The predicted octanol–water partition coefficient (Wildman–Crippen LogP) is 3.49. The zero-order valence-corrected chi connectivity index (χ0v) is 9.38. The SMILES string of the molecule is C=NN/C(=C\CC(F)(F)F)c1ccc(C)cc1. The van der Waals surface area contributed by atoms with Crippen molar-refractivity contribution in [3.8, 4) is 0 Å². The van der Waals surface area contributed by atoms with Gasteiger partial charge in [-0.3, -0.25) is 5.43 Å². The number of alkyl halides is 3. The molecule has 0 saturated carbocycles. The van der Waals surface area contributed by atoms with Gasteiger partial charge in [-0.2, -0.15) is 18.3 Å². The molecule has 0 fully saturated rings. The van der Waals surface area contributed by atoms with E-state index in [2.05, 4.69) is 17.2 Å². The molecule has 92 valence electrons. The Labute approximate surface area is 97.8 Å². The van der Waals surface area contributed by atoms with Crippen molar-refractivity contribution in [2.75, 3.05) is 0 Å². The molecule has 1 N–H and O–H groups in total. The smallest absolute Gasteiger partial charge is 0.279 e. The summed E-state index contributed by atoms with van der Waals surface area (Å²) in [5.74, 6) is 0. The average Bonchev–Trinajstić information content (AvgIpc) is 2.24. The Morgan fingerprint density at radius 1 is 1.35 bits per heavy atom. The van der Waals surface area contributed by atoms with Crippen molar-refractivity contribution in [1.29, 1.82) is 0 Å². The number of aryl methyl sites for hydroxylation is 1. The molecule has 0 spiro atoms. The van der Waals surface area contributed by atoms with Crippen LogP contribution in [0, 0.1) is 6.92 Å². The molecule has 0 bridgehead atoms. The number of hydrogen-bond donors (Lipinski definition) is 1. The van der Waals surface area contributed by atoms with Gasteiger partial charge in [0.15, 0.2) is 0 Å². The Balaban J connectivity index is 2.92. The Kier molecular flexibility index (Phi) is 4.31. The maximum Gasteiger partial charge on any atom is 0.392 e. The van der Waals surface area contributed by atoms with Crippen LogP contribution in [0.4, 0.5) is 13.2 Å². The molecular weight excluding hydrogens is 229 g/mol. The van der Waals surface area contributed by atoms with Crippen LogP contribution in [0.2, 0.25) is 0 Å². The Morgan fingerprint density at radius 3 is 2.41 bits per heavy atom. The first-order valence-electron chi connectivity index (χ1n) is 4.98. The number of nitrogens with zero attached hydrogens (tertiary/aromatic N) is 1. The van der Waals surface area contributed by atoms with Crippen LogP contribution in [0.15, 0.2) is 35.4 Å². The third kappa shape index (κ3) is 4.72. The quantitative estimate of drug-likeness (QED) is 0.634. The van der Waals surface area contributed by atoms with Gasteiger partial charge in [-0.25, -0.2) is 0 Å². The Morgan fingerprint density at radius 2 is 1.94 bits per heavy atom. The van der Waals surface area contributed by atoms with E-state index in [-0.39, 0.29) is 0 Å². The molecule has 5 heteroatoms. The van der Waals surface area contributed by atoms with Gasteiger partial charge in [0.2, 0.25) is 0 Å². The molecular formula is C12H13F3N2. The minimum atomic E-state index is -4.22. The fourth-order valence-corrected chi connectivity index (χ4v) is 1.26. The predicted molar refractivity (Wildman–Crippen MR) is 62.5 cm³/mol. The van der Waals surface area contributed by atoms with E-state index in [1.54, 1.807) is 12.1 Å². The zero-order chi connectivity index (χ0) is 12.9. The summed E-state index contributed by atoms with van der Waals surface area (Å²) in [6, 6.07) is 7.11. The number of hydrogen-bond acceptors (Lipinski definition) is 2. The minimum Gasteiger partial charge on any atom is -0.279 e. The molecule has 0 saturated heterocycles. The second-order valence-electron chi connectivity index (χ2n) is 3.57. The highest BCUT2D eigenvalue weighted by molar-refractivity contribution is 5.64. The number of allylic oxidation sites excluding steroid dienone is 1. The van der Waals surface area contributed by atoms with Gasteiger partial charge in [0.05, 0.1) is 12.1 Å².